The van der Waals surface area contributed by atoms with Gasteiger partial charge in [0.15, 0.2) is 0 Å². The molecule has 1 aliphatic rings. The summed E-state index contributed by atoms with van der Waals surface area (Å²) in [6.45, 7) is 0. The normalized spacial score (nSPS) is 13.8. The van der Waals surface area contributed by atoms with Gasteiger partial charge in [0.25, 0.3) is 0 Å². The molecule has 1 unspecified atom stereocenters. The van der Waals surface area contributed by atoms with Crippen molar-refractivity contribution >= 4 is 77.9 Å². The van der Waals surface area contributed by atoms with Crippen LogP contribution in [-0.2, 0) is 0 Å². The topological polar surface area (TPSA) is 32.8 Å². The monoisotopic (exact) mass is 822 g/mol. The van der Waals surface area contributed by atoms with Gasteiger partial charge in [-0.3, -0.25) is 0 Å². The molecule has 1 aliphatic carbocycles. The van der Waals surface area contributed by atoms with Gasteiger partial charge in [-0.1, -0.05) is 164 Å². The molecular weight excluding hydrogens is 781 g/mol. The first-order valence-electron chi connectivity index (χ1n) is 21.9. The minimum Gasteiger partial charge on any atom is -0.455 e. The van der Waals surface area contributed by atoms with Crippen LogP contribution in [0.5, 0.6) is 0 Å². The molecule has 4 heteroatoms. The van der Waals surface area contributed by atoms with Crippen LogP contribution in [0.25, 0.3) is 71.7 Å². The summed E-state index contributed by atoms with van der Waals surface area (Å²) < 4.78 is 12.8. The zero-order valence-corrected chi connectivity index (χ0v) is 35.0. The van der Waals surface area contributed by atoms with Gasteiger partial charge in [0.2, 0.25) is 0 Å². The molecule has 0 N–H and O–H groups in total. The number of furan rings is 2. The Labute approximate surface area is 371 Å². The number of fused-ring (bicyclic) bond motifs is 6. The molecule has 0 bridgehead atoms. The maximum atomic E-state index is 6.39. The van der Waals surface area contributed by atoms with Crippen molar-refractivity contribution in [2.24, 2.45) is 0 Å². The van der Waals surface area contributed by atoms with Crippen molar-refractivity contribution in [3.05, 3.63) is 242 Å². The smallest absolute Gasteiger partial charge is 0.143 e. The SMILES string of the molecule is C1=CC(N(c2ccccc2)c2ccc(-c3cccc4c3oc3ccccc34)cc2)CC=C1c1ccc(N(c2ccccc2)c2ccc(-c3cccc4c3oc3ccccc34)cc2)cc1. The number of allylic oxidation sites excluding steroid dienone is 2. The Kier molecular flexibility index (Phi) is 9.27. The Morgan fingerprint density at radius 1 is 0.359 bits per heavy atom. The molecule has 12 rings (SSSR count). The summed E-state index contributed by atoms with van der Waals surface area (Å²) in [5.74, 6) is 0. The first-order valence-corrected chi connectivity index (χ1v) is 21.9. The second-order valence-corrected chi connectivity index (χ2v) is 16.4. The van der Waals surface area contributed by atoms with Gasteiger partial charge in [-0.2, -0.15) is 0 Å². The third-order valence-electron chi connectivity index (χ3n) is 12.6. The van der Waals surface area contributed by atoms with E-state index in [-0.39, 0.29) is 6.04 Å². The van der Waals surface area contributed by atoms with E-state index in [1.165, 1.54) is 11.1 Å². The summed E-state index contributed by atoms with van der Waals surface area (Å²) in [7, 11) is 0. The number of rotatable bonds is 9. The average Bonchev–Trinajstić information content (AvgIpc) is 3.95. The van der Waals surface area contributed by atoms with E-state index in [4.69, 9.17) is 8.83 Å². The molecule has 64 heavy (non-hydrogen) atoms. The summed E-state index contributed by atoms with van der Waals surface area (Å²) >= 11 is 0. The van der Waals surface area contributed by atoms with Gasteiger partial charge in [-0.05, 0) is 101 Å². The van der Waals surface area contributed by atoms with E-state index in [1.807, 2.05) is 24.3 Å². The molecule has 2 aromatic heterocycles. The van der Waals surface area contributed by atoms with Gasteiger partial charge in [-0.15, -0.1) is 0 Å². The fourth-order valence-electron chi connectivity index (χ4n) is 9.50. The molecule has 4 nitrogen and oxygen atoms in total. The lowest BCUT2D eigenvalue weighted by atomic mass is 9.95. The zero-order valence-electron chi connectivity index (χ0n) is 35.0. The molecule has 11 aromatic rings. The molecular formula is C60H42N2O2. The van der Waals surface area contributed by atoms with Crippen LogP contribution in [0.2, 0.25) is 0 Å². The van der Waals surface area contributed by atoms with E-state index in [0.717, 1.165) is 101 Å². The Hall–Kier alpha value is -8.34. The molecule has 0 radical (unpaired) electrons. The zero-order chi connectivity index (χ0) is 42.4. The minimum absolute atomic E-state index is 0.144. The van der Waals surface area contributed by atoms with Gasteiger partial charge >= 0.3 is 0 Å². The van der Waals surface area contributed by atoms with Crippen molar-refractivity contribution in [2.75, 3.05) is 9.80 Å². The molecule has 0 saturated heterocycles. The van der Waals surface area contributed by atoms with Crippen LogP contribution in [0.3, 0.4) is 0 Å². The van der Waals surface area contributed by atoms with Gasteiger partial charge in [0.05, 0.1) is 6.04 Å². The number of anilines is 5. The van der Waals surface area contributed by atoms with Crippen molar-refractivity contribution in [2.45, 2.75) is 12.5 Å². The van der Waals surface area contributed by atoms with Crippen LogP contribution in [0, 0.1) is 0 Å². The van der Waals surface area contributed by atoms with Crippen LogP contribution < -0.4 is 9.80 Å². The van der Waals surface area contributed by atoms with Crippen LogP contribution in [0.1, 0.15) is 12.0 Å². The lowest BCUT2D eigenvalue weighted by molar-refractivity contribution is 0.669. The van der Waals surface area contributed by atoms with E-state index in [0.29, 0.717) is 0 Å². The van der Waals surface area contributed by atoms with E-state index < -0.39 is 0 Å². The molecule has 0 spiro atoms. The number of nitrogens with zero attached hydrogens (tertiary/aromatic N) is 2. The maximum absolute atomic E-state index is 6.39. The Bertz CT molecular complexity index is 3510. The van der Waals surface area contributed by atoms with Crippen molar-refractivity contribution in [3.8, 4) is 22.3 Å². The Morgan fingerprint density at radius 3 is 1.30 bits per heavy atom. The Morgan fingerprint density at radius 2 is 0.781 bits per heavy atom. The maximum Gasteiger partial charge on any atom is 0.143 e. The summed E-state index contributed by atoms with van der Waals surface area (Å²) in [6, 6.07) is 77.5. The van der Waals surface area contributed by atoms with Crippen LogP contribution in [0.4, 0.5) is 28.4 Å². The van der Waals surface area contributed by atoms with Crippen LogP contribution in [-0.4, -0.2) is 6.04 Å². The van der Waals surface area contributed by atoms with Gasteiger partial charge in [-0.25, -0.2) is 0 Å². The highest BCUT2D eigenvalue weighted by Crippen LogP contribution is 2.41. The molecule has 0 saturated carbocycles. The minimum atomic E-state index is 0.144. The molecule has 1 atom stereocenters. The second kappa shape index (κ2) is 15.8. The quantitative estimate of drug-likeness (QED) is 0.145. The molecule has 304 valence electrons. The summed E-state index contributed by atoms with van der Waals surface area (Å²) in [6.07, 6.45) is 7.88. The molecule has 9 aromatic carbocycles. The van der Waals surface area contributed by atoms with E-state index in [2.05, 4.69) is 222 Å². The summed E-state index contributed by atoms with van der Waals surface area (Å²) in [4.78, 5) is 4.76. The third-order valence-corrected chi connectivity index (χ3v) is 12.6. The van der Waals surface area contributed by atoms with E-state index >= 15 is 0 Å². The summed E-state index contributed by atoms with van der Waals surface area (Å²) in [5, 5.41) is 4.55. The largest absolute Gasteiger partial charge is 0.455 e. The van der Waals surface area contributed by atoms with Crippen LogP contribution >= 0.6 is 0 Å². The molecule has 0 fully saturated rings. The first-order chi connectivity index (χ1) is 31.7. The fourth-order valence-corrected chi connectivity index (χ4v) is 9.50. The highest BCUT2D eigenvalue weighted by atomic mass is 16.3. The number of hydrogen-bond donors (Lipinski definition) is 0. The van der Waals surface area contributed by atoms with Gasteiger partial charge in [0.1, 0.15) is 22.3 Å². The average molecular weight is 823 g/mol. The fraction of sp³-hybridized carbons (Fsp3) is 0.0333. The van der Waals surface area contributed by atoms with Gasteiger partial charge < -0.3 is 18.6 Å². The number of para-hydroxylation sites is 6. The van der Waals surface area contributed by atoms with E-state index in [9.17, 15) is 0 Å². The standard InChI is InChI=1S/C60H42N2O2/c1-3-13-45(14-4-1)61(49-37-29-43(30-38-49)51-19-11-21-55-53-17-7-9-23-57(53)63-59(51)55)47-33-25-41(26-34-47)42-27-35-48(36-28-42)62(46-15-5-2-6-16-46)50-39-31-44(32-40-50)52-20-12-22-56-54-18-8-10-24-58(54)64-60(52)56/h1-35,37-40,48H,36H2. The Balaban J connectivity index is 0.809. The van der Waals surface area contributed by atoms with Gasteiger partial charge in [0, 0.05) is 61.1 Å². The molecule has 0 amide bonds. The van der Waals surface area contributed by atoms with E-state index in [1.54, 1.807) is 0 Å². The van der Waals surface area contributed by atoms with Crippen LogP contribution in [0.15, 0.2) is 245 Å². The second-order valence-electron chi connectivity index (χ2n) is 16.4. The first kappa shape index (κ1) is 37.4. The van der Waals surface area contributed by atoms with Crippen molar-refractivity contribution in [1.82, 2.24) is 0 Å². The highest BCUT2D eigenvalue weighted by Gasteiger charge is 2.22. The number of benzene rings is 9. The molecule has 0 aliphatic heterocycles. The van der Waals surface area contributed by atoms with Crippen molar-refractivity contribution in [1.29, 1.82) is 0 Å². The predicted octanol–water partition coefficient (Wildman–Crippen LogP) is 16.8. The predicted molar refractivity (Wildman–Crippen MR) is 267 cm³/mol. The molecule has 2 heterocycles. The highest BCUT2D eigenvalue weighted by molar-refractivity contribution is 6.10. The third kappa shape index (κ3) is 6.64. The lowest BCUT2D eigenvalue weighted by Gasteiger charge is -2.33. The van der Waals surface area contributed by atoms with Crippen molar-refractivity contribution in [3.63, 3.8) is 0 Å². The lowest BCUT2D eigenvalue weighted by Crippen LogP contribution is -2.30. The number of hydrogen-bond acceptors (Lipinski definition) is 4. The van der Waals surface area contributed by atoms with Crippen molar-refractivity contribution < 1.29 is 8.83 Å². The summed E-state index contributed by atoms with van der Waals surface area (Å²) in [5.41, 5.74) is 16.1.